The van der Waals surface area contributed by atoms with Gasteiger partial charge in [0.1, 0.15) is 0 Å². The van der Waals surface area contributed by atoms with Gasteiger partial charge in [0.2, 0.25) is 5.91 Å². The second kappa shape index (κ2) is 7.48. The van der Waals surface area contributed by atoms with Gasteiger partial charge in [-0.3, -0.25) is 4.79 Å². The normalized spacial score (nSPS) is 12.7. The molecule has 2 N–H and O–H groups in total. The SMILES string of the molecule is Cc1nc(CCNC(C)C(=O)NCC(C)C)cs1. The Kier molecular flexibility index (Phi) is 6.29. The van der Waals surface area contributed by atoms with Crippen molar-refractivity contribution >= 4 is 17.2 Å². The molecule has 4 nitrogen and oxygen atoms in total. The van der Waals surface area contributed by atoms with E-state index in [2.05, 4.69) is 34.8 Å². The van der Waals surface area contributed by atoms with Crippen LogP contribution >= 0.6 is 11.3 Å². The van der Waals surface area contributed by atoms with Gasteiger partial charge in [-0.15, -0.1) is 11.3 Å². The average molecular weight is 269 g/mol. The van der Waals surface area contributed by atoms with Gasteiger partial charge in [-0.25, -0.2) is 4.98 Å². The van der Waals surface area contributed by atoms with Gasteiger partial charge in [-0.05, 0) is 19.8 Å². The molecular weight excluding hydrogens is 246 g/mol. The fourth-order valence-corrected chi connectivity index (χ4v) is 2.14. The summed E-state index contributed by atoms with van der Waals surface area (Å²) in [4.78, 5) is 16.1. The average Bonchev–Trinajstić information content (AvgIpc) is 2.71. The summed E-state index contributed by atoms with van der Waals surface area (Å²) in [6, 6.07) is -0.150. The molecule has 0 aromatic carbocycles. The first-order valence-corrected chi connectivity index (χ1v) is 7.29. The maximum Gasteiger partial charge on any atom is 0.236 e. The molecule has 102 valence electrons. The quantitative estimate of drug-likeness (QED) is 0.793. The van der Waals surface area contributed by atoms with Gasteiger partial charge in [0.05, 0.1) is 16.7 Å². The van der Waals surface area contributed by atoms with E-state index in [4.69, 9.17) is 0 Å². The number of hydrogen-bond donors (Lipinski definition) is 2. The molecule has 0 saturated heterocycles. The minimum absolute atomic E-state index is 0.0677. The largest absolute Gasteiger partial charge is 0.354 e. The number of aryl methyl sites for hydroxylation is 1. The number of hydrogen-bond acceptors (Lipinski definition) is 4. The first-order chi connectivity index (χ1) is 8.49. The minimum atomic E-state index is -0.150. The zero-order chi connectivity index (χ0) is 13.5. The molecule has 0 aliphatic carbocycles. The Bertz CT molecular complexity index is 376. The van der Waals surface area contributed by atoms with Gasteiger partial charge >= 0.3 is 0 Å². The van der Waals surface area contributed by atoms with Crippen molar-refractivity contribution in [3.05, 3.63) is 16.1 Å². The number of carbonyl (C=O) groups is 1. The molecule has 0 aliphatic heterocycles. The van der Waals surface area contributed by atoms with Crippen LogP contribution in [0, 0.1) is 12.8 Å². The second-order valence-corrected chi connectivity index (χ2v) is 5.98. The van der Waals surface area contributed by atoms with Crippen LogP contribution in [0.4, 0.5) is 0 Å². The number of thiazole rings is 1. The van der Waals surface area contributed by atoms with E-state index in [9.17, 15) is 4.79 Å². The fraction of sp³-hybridized carbons (Fsp3) is 0.692. The molecule has 1 heterocycles. The number of carbonyl (C=O) groups excluding carboxylic acids is 1. The molecule has 1 aromatic heterocycles. The van der Waals surface area contributed by atoms with Crippen molar-refractivity contribution in [1.29, 1.82) is 0 Å². The van der Waals surface area contributed by atoms with Crippen LogP contribution in [0.5, 0.6) is 0 Å². The molecule has 0 saturated carbocycles. The molecule has 1 aromatic rings. The van der Waals surface area contributed by atoms with Gasteiger partial charge in [-0.1, -0.05) is 13.8 Å². The van der Waals surface area contributed by atoms with Gasteiger partial charge in [-0.2, -0.15) is 0 Å². The third kappa shape index (κ3) is 5.60. The van der Waals surface area contributed by atoms with Gasteiger partial charge < -0.3 is 10.6 Å². The van der Waals surface area contributed by atoms with Crippen molar-refractivity contribution in [2.45, 2.75) is 40.2 Å². The number of nitrogens with zero attached hydrogens (tertiary/aromatic N) is 1. The van der Waals surface area contributed by atoms with Crippen molar-refractivity contribution < 1.29 is 4.79 Å². The summed E-state index contributed by atoms with van der Waals surface area (Å²) in [5, 5.41) is 9.30. The molecule has 0 fully saturated rings. The third-order valence-electron chi connectivity index (χ3n) is 2.58. The zero-order valence-electron chi connectivity index (χ0n) is 11.6. The lowest BCUT2D eigenvalue weighted by Crippen LogP contribution is -2.43. The smallest absolute Gasteiger partial charge is 0.236 e. The maximum atomic E-state index is 11.7. The van der Waals surface area contributed by atoms with Crippen molar-refractivity contribution in [2.24, 2.45) is 5.92 Å². The summed E-state index contributed by atoms with van der Waals surface area (Å²) >= 11 is 1.66. The highest BCUT2D eigenvalue weighted by Crippen LogP contribution is 2.07. The standard InChI is InChI=1S/C13H23N3OS/c1-9(2)7-15-13(17)10(3)14-6-5-12-8-18-11(4)16-12/h8-10,14H,5-7H2,1-4H3,(H,15,17). The Morgan fingerprint density at radius 1 is 1.44 bits per heavy atom. The molecular formula is C13H23N3OS. The third-order valence-corrected chi connectivity index (χ3v) is 3.40. The van der Waals surface area contributed by atoms with Crippen LogP contribution in [0.15, 0.2) is 5.38 Å². The van der Waals surface area contributed by atoms with Gasteiger partial charge in [0, 0.05) is 24.9 Å². The first-order valence-electron chi connectivity index (χ1n) is 6.41. The Labute approximate surface area is 113 Å². The van der Waals surface area contributed by atoms with Crippen LogP contribution in [0.2, 0.25) is 0 Å². The van der Waals surface area contributed by atoms with Crippen LogP contribution < -0.4 is 10.6 Å². The van der Waals surface area contributed by atoms with Crippen LogP contribution in [0.3, 0.4) is 0 Å². The van der Waals surface area contributed by atoms with Gasteiger partial charge in [0.25, 0.3) is 0 Å². The van der Waals surface area contributed by atoms with E-state index in [1.54, 1.807) is 11.3 Å². The molecule has 0 spiro atoms. The highest BCUT2D eigenvalue weighted by molar-refractivity contribution is 7.09. The van der Waals surface area contributed by atoms with E-state index in [0.717, 1.165) is 30.2 Å². The van der Waals surface area contributed by atoms with E-state index in [0.29, 0.717) is 5.92 Å². The molecule has 1 amide bonds. The topological polar surface area (TPSA) is 54.0 Å². The monoisotopic (exact) mass is 269 g/mol. The van der Waals surface area contributed by atoms with Crippen molar-refractivity contribution in [1.82, 2.24) is 15.6 Å². The highest BCUT2D eigenvalue weighted by atomic mass is 32.1. The van der Waals surface area contributed by atoms with Crippen LogP contribution in [-0.4, -0.2) is 30.0 Å². The molecule has 5 heteroatoms. The minimum Gasteiger partial charge on any atom is -0.354 e. The lowest BCUT2D eigenvalue weighted by atomic mass is 10.2. The van der Waals surface area contributed by atoms with Crippen molar-refractivity contribution in [3.8, 4) is 0 Å². The Morgan fingerprint density at radius 2 is 2.17 bits per heavy atom. The molecule has 1 rings (SSSR count). The summed E-state index contributed by atoms with van der Waals surface area (Å²) in [7, 11) is 0. The molecule has 0 radical (unpaired) electrons. The predicted octanol–water partition coefficient (Wildman–Crippen LogP) is 1.74. The summed E-state index contributed by atoms with van der Waals surface area (Å²) in [6.07, 6.45) is 0.867. The summed E-state index contributed by atoms with van der Waals surface area (Å²) in [5.74, 6) is 0.553. The van der Waals surface area contributed by atoms with E-state index in [1.807, 2.05) is 13.8 Å². The number of nitrogens with one attached hydrogen (secondary N) is 2. The molecule has 0 bridgehead atoms. The van der Waals surface area contributed by atoms with E-state index in [1.165, 1.54) is 0 Å². The number of rotatable bonds is 7. The van der Waals surface area contributed by atoms with Gasteiger partial charge in [0.15, 0.2) is 0 Å². The van der Waals surface area contributed by atoms with E-state index in [-0.39, 0.29) is 11.9 Å². The maximum absolute atomic E-state index is 11.7. The summed E-state index contributed by atoms with van der Waals surface area (Å²) in [6.45, 7) is 9.58. The molecule has 1 atom stereocenters. The van der Waals surface area contributed by atoms with E-state index >= 15 is 0 Å². The molecule has 1 unspecified atom stereocenters. The number of amides is 1. The van der Waals surface area contributed by atoms with Crippen LogP contribution in [-0.2, 0) is 11.2 Å². The molecule has 18 heavy (non-hydrogen) atoms. The lowest BCUT2D eigenvalue weighted by Gasteiger charge is -2.14. The fourth-order valence-electron chi connectivity index (χ4n) is 1.49. The summed E-state index contributed by atoms with van der Waals surface area (Å²) < 4.78 is 0. The second-order valence-electron chi connectivity index (χ2n) is 4.92. The van der Waals surface area contributed by atoms with Crippen molar-refractivity contribution in [3.63, 3.8) is 0 Å². The highest BCUT2D eigenvalue weighted by Gasteiger charge is 2.11. The zero-order valence-corrected chi connectivity index (χ0v) is 12.4. The van der Waals surface area contributed by atoms with Crippen LogP contribution in [0.1, 0.15) is 31.5 Å². The first kappa shape index (κ1) is 15.1. The Morgan fingerprint density at radius 3 is 2.72 bits per heavy atom. The molecule has 0 aliphatic rings. The Balaban J connectivity index is 2.20. The predicted molar refractivity (Wildman–Crippen MR) is 75.9 cm³/mol. The Hall–Kier alpha value is -0.940. The van der Waals surface area contributed by atoms with E-state index < -0.39 is 0 Å². The summed E-state index contributed by atoms with van der Waals surface area (Å²) in [5.41, 5.74) is 1.10. The van der Waals surface area contributed by atoms with Crippen molar-refractivity contribution in [2.75, 3.05) is 13.1 Å². The number of aromatic nitrogens is 1. The van der Waals surface area contributed by atoms with Crippen LogP contribution in [0.25, 0.3) is 0 Å². The lowest BCUT2D eigenvalue weighted by molar-refractivity contribution is -0.122.